The summed E-state index contributed by atoms with van der Waals surface area (Å²) >= 11 is 10.6. The third-order valence-corrected chi connectivity index (χ3v) is 2.20. The molecule has 0 saturated carbocycles. The van der Waals surface area contributed by atoms with Gasteiger partial charge in [0, 0.05) is 0 Å². The van der Waals surface area contributed by atoms with Crippen LogP contribution in [0.15, 0.2) is 35.3 Å². The van der Waals surface area contributed by atoms with Crippen molar-refractivity contribution in [2.24, 2.45) is 4.99 Å². The minimum atomic E-state index is -4.65. The molecule has 0 aromatic heterocycles. The van der Waals surface area contributed by atoms with Crippen molar-refractivity contribution < 1.29 is 13.2 Å². The molecule has 0 aliphatic carbocycles. The largest absolute Gasteiger partial charge is 0.444 e. The van der Waals surface area contributed by atoms with Crippen LogP contribution in [0.2, 0.25) is 0 Å². The van der Waals surface area contributed by atoms with Crippen LogP contribution >= 0.6 is 23.2 Å². The SMILES string of the molecule is FC(F)(F)C(Cl)=NC(Cl)c1ccccc1. The number of rotatable bonds is 2. The molecular formula is C9H6Cl2F3N. The van der Waals surface area contributed by atoms with E-state index in [1.807, 2.05) is 0 Å². The van der Waals surface area contributed by atoms with Crippen molar-refractivity contribution in [2.45, 2.75) is 11.7 Å². The van der Waals surface area contributed by atoms with Crippen LogP contribution in [0.5, 0.6) is 0 Å². The third kappa shape index (κ3) is 3.72. The molecule has 1 aromatic rings. The summed E-state index contributed by atoms with van der Waals surface area (Å²) in [6.07, 6.45) is -4.65. The molecule has 0 heterocycles. The van der Waals surface area contributed by atoms with Gasteiger partial charge in [-0.2, -0.15) is 13.2 Å². The second-order valence-electron chi connectivity index (χ2n) is 2.66. The third-order valence-electron chi connectivity index (χ3n) is 1.54. The molecule has 15 heavy (non-hydrogen) atoms. The molecule has 1 aromatic carbocycles. The van der Waals surface area contributed by atoms with Crippen molar-refractivity contribution in [3.05, 3.63) is 35.9 Å². The van der Waals surface area contributed by atoms with E-state index in [4.69, 9.17) is 23.2 Å². The number of alkyl halides is 4. The Morgan fingerprint density at radius 3 is 2.20 bits per heavy atom. The number of hydrogen-bond acceptors (Lipinski definition) is 1. The highest BCUT2D eigenvalue weighted by molar-refractivity contribution is 6.67. The van der Waals surface area contributed by atoms with E-state index in [-0.39, 0.29) is 0 Å². The van der Waals surface area contributed by atoms with Crippen LogP contribution in [0.1, 0.15) is 11.1 Å². The first-order chi connectivity index (χ1) is 6.91. The Balaban J connectivity index is 2.84. The zero-order valence-electron chi connectivity index (χ0n) is 7.30. The highest BCUT2D eigenvalue weighted by Crippen LogP contribution is 2.27. The van der Waals surface area contributed by atoms with Gasteiger partial charge in [0.1, 0.15) is 0 Å². The van der Waals surface area contributed by atoms with Crippen molar-refractivity contribution in [2.75, 3.05) is 0 Å². The van der Waals surface area contributed by atoms with Gasteiger partial charge in [-0.3, -0.25) is 0 Å². The maximum absolute atomic E-state index is 12.0. The molecule has 1 unspecified atom stereocenters. The molecule has 1 atom stereocenters. The van der Waals surface area contributed by atoms with Gasteiger partial charge in [-0.1, -0.05) is 53.5 Å². The molecule has 0 fully saturated rings. The average molecular weight is 256 g/mol. The van der Waals surface area contributed by atoms with Gasteiger partial charge in [0.25, 0.3) is 0 Å². The van der Waals surface area contributed by atoms with Gasteiger partial charge < -0.3 is 0 Å². The summed E-state index contributed by atoms with van der Waals surface area (Å²) < 4.78 is 36.0. The lowest BCUT2D eigenvalue weighted by Gasteiger charge is -2.07. The summed E-state index contributed by atoms with van der Waals surface area (Å²) in [5, 5.41) is -1.45. The van der Waals surface area contributed by atoms with Gasteiger partial charge in [-0.15, -0.1) is 0 Å². The molecule has 0 N–H and O–H groups in total. The van der Waals surface area contributed by atoms with E-state index in [0.29, 0.717) is 5.56 Å². The Kier molecular flexibility index (Phi) is 3.99. The van der Waals surface area contributed by atoms with Crippen molar-refractivity contribution in [3.8, 4) is 0 Å². The number of halogens is 5. The molecule has 0 spiro atoms. The molecule has 0 saturated heterocycles. The number of benzene rings is 1. The van der Waals surface area contributed by atoms with Crippen LogP contribution in [0.3, 0.4) is 0 Å². The summed E-state index contributed by atoms with van der Waals surface area (Å²) in [5.74, 6) is 0. The van der Waals surface area contributed by atoms with Crippen LogP contribution < -0.4 is 0 Å². The highest BCUT2D eigenvalue weighted by atomic mass is 35.5. The Hall–Kier alpha value is -0.740. The zero-order valence-corrected chi connectivity index (χ0v) is 8.81. The van der Waals surface area contributed by atoms with Crippen molar-refractivity contribution in [3.63, 3.8) is 0 Å². The summed E-state index contributed by atoms with van der Waals surface area (Å²) in [7, 11) is 0. The summed E-state index contributed by atoms with van der Waals surface area (Å²) in [6.45, 7) is 0. The van der Waals surface area contributed by atoms with E-state index in [1.54, 1.807) is 30.3 Å². The van der Waals surface area contributed by atoms with Crippen LogP contribution in [0.4, 0.5) is 13.2 Å². The highest BCUT2D eigenvalue weighted by Gasteiger charge is 2.35. The zero-order chi connectivity index (χ0) is 11.5. The standard InChI is InChI=1S/C9H6Cl2F3N/c10-7(6-4-2-1-3-5-6)15-8(11)9(12,13)14/h1-5,7H. The molecular weight excluding hydrogens is 250 g/mol. The summed E-state index contributed by atoms with van der Waals surface area (Å²) in [6, 6.07) is 8.18. The Morgan fingerprint density at radius 1 is 1.20 bits per heavy atom. The lowest BCUT2D eigenvalue weighted by atomic mass is 10.2. The first kappa shape index (κ1) is 12.3. The van der Waals surface area contributed by atoms with E-state index >= 15 is 0 Å². The van der Waals surface area contributed by atoms with Crippen LogP contribution in [0.25, 0.3) is 0 Å². The molecule has 0 aliphatic rings. The lowest BCUT2D eigenvalue weighted by Crippen LogP contribution is -2.17. The van der Waals surface area contributed by atoms with Gasteiger partial charge >= 0.3 is 6.18 Å². The van der Waals surface area contributed by atoms with E-state index in [0.717, 1.165) is 0 Å². The predicted molar refractivity (Wildman–Crippen MR) is 54.4 cm³/mol. The molecule has 6 heteroatoms. The van der Waals surface area contributed by atoms with E-state index < -0.39 is 16.8 Å². The second kappa shape index (κ2) is 4.86. The fourth-order valence-corrected chi connectivity index (χ4v) is 1.25. The number of aliphatic imine (C=N–C) groups is 1. The number of hydrogen-bond donors (Lipinski definition) is 0. The van der Waals surface area contributed by atoms with Crippen LogP contribution in [-0.2, 0) is 0 Å². The van der Waals surface area contributed by atoms with E-state index in [2.05, 4.69) is 4.99 Å². The lowest BCUT2D eigenvalue weighted by molar-refractivity contribution is -0.0561. The smallest absolute Gasteiger partial charge is 0.245 e. The minimum Gasteiger partial charge on any atom is -0.245 e. The Morgan fingerprint density at radius 2 is 1.73 bits per heavy atom. The molecule has 1 rings (SSSR count). The van der Waals surface area contributed by atoms with Gasteiger partial charge in [-0.25, -0.2) is 4.99 Å². The van der Waals surface area contributed by atoms with E-state index in [9.17, 15) is 13.2 Å². The topological polar surface area (TPSA) is 12.4 Å². The Bertz CT molecular complexity index is 348. The molecule has 0 bridgehead atoms. The van der Waals surface area contributed by atoms with Crippen molar-refractivity contribution in [1.82, 2.24) is 0 Å². The second-order valence-corrected chi connectivity index (χ2v) is 3.44. The first-order valence-electron chi connectivity index (χ1n) is 3.91. The van der Waals surface area contributed by atoms with Crippen molar-refractivity contribution in [1.29, 1.82) is 0 Å². The fraction of sp³-hybridized carbons (Fsp3) is 0.222. The average Bonchev–Trinajstić information content (AvgIpc) is 2.17. The summed E-state index contributed by atoms with van der Waals surface area (Å²) in [4.78, 5) is 3.14. The fourth-order valence-electron chi connectivity index (χ4n) is 0.859. The first-order valence-corrected chi connectivity index (χ1v) is 4.72. The van der Waals surface area contributed by atoms with Gasteiger partial charge in [-0.05, 0) is 5.56 Å². The maximum atomic E-state index is 12.0. The molecule has 1 nitrogen and oxygen atoms in total. The van der Waals surface area contributed by atoms with Crippen molar-refractivity contribution >= 4 is 28.4 Å². The molecule has 0 aliphatic heterocycles. The normalized spacial score (nSPS) is 15.1. The summed E-state index contributed by atoms with van der Waals surface area (Å²) in [5.41, 5.74) is -0.665. The monoisotopic (exact) mass is 255 g/mol. The minimum absolute atomic E-state index is 0.460. The predicted octanol–water partition coefficient (Wildman–Crippen LogP) is 4.12. The van der Waals surface area contributed by atoms with Crippen LogP contribution in [-0.4, -0.2) is 11.3 Å². The molecule has 0 radical (unpaired) electrons. The van der Waals surface area contributed by atoms with Gasteiger partial charge in [0.2, 0.25) is 5.17 Å². The van der Waals surface area contributed by atoms with Crippen LogP contribution in [0, 0.1) is 0 Å². The molecule has 82 valence electrons. The maximum Gasteiger partial charge on any atom is 0.444 e. The number of nitrogens with zero attached hydrogens (tertiary/aromatic N) is 1. The molecule has 0 amide bonds. The Labute approximate surface area is 94.5 Å². The van der Waals surface area contributed by atoms with Gasteiger partial charge in [0.15, 0.2) is 5.50 Å². The quantitative estimate of drug-likeness (QED) is 0.428. The van der Waals surface area contributed by atoms with E-state index in [1.165, 1.54) is 0 Å². The van der Waals surface area contributed by atoms with Gasteiger partial charge in [0.05, 0.1) is 0 Å².